The van der Waals surface area contributed by atoms with Crippen molar-refractivity contribution in [3.05, 3.63) is 53.6 Å². The lowest BCUT2D eigenvalue weighted by Crippen LogP contribution is -2.23. The molecule has 0 spiro atoms. The van der Waals surface area contributed by atoms with Crippen LogP contribution in [0.25, 0.3) is 0 Å². The third kappa shape index (κ3) is 4.22. The number of ether oxygens (including phenoxy) is 2. The SMILES string of the molecule is O=C(NCc1ccc2c(c1)OCO2)c1ccccc1S[C@@H]1CCS(=O)(=O)C1. The van der Waals surface area contributed by atoms with E-state index in [0.29, 0.717) is 30.0 Å². The highest BCUT2D eigenvalue weighted by Gasteiger charge is 2.29. The van der Waals surface area contributed by atoms with Crippen molar-refractivity contribution >= 4 is 27.5 Å². The molecule has 0 saturated carbocycles. The molecule has 0 bridgehead atoms. The number of rotatable bonds is 5. The number of sulfone groups is 1. The second kappa shape index (κ2) is 7.44. The minimum absolute atomic E-state index is 0.00203. The van der Waals surface area contributed by atoms with Gasteiger partial charge in [0.2, 0.25) is 6.79 Å². The van der Waals surface area contributed by atoms with Gasteiger partial charge in [-0.05, 0) is 36.2 Å². The zero-order valence-electron chi connectivity index (χ0n) is 14.5. The molecule has 0 radical (unpaired) electrons. The van der Waals surface area contributed by atoms with E-state index in [0.717, 1.165) is 10.5 Å². The van der Waals surface area contributed by atoms with Gasteiger partial charge in [0.05, 0.1) is 17.1 Å². The lowest BCUT2D eigenvalue weighted by molar-refractivity contribution is 0.0948. The molecule has 0 unspecified atom stereocenters. The van der Waals surface area contributed by atoms with Crippen molar-refractivity contribution in [1.82, 2.24) is 5.32 Å². The van der Waals surface area contributed by atoms with E-state index in [1.165, 1.54) is 11.8 Å². The maximum Gasteiger partial charge on any atom is 0.252 e. The van der Waals surface area contributed by atoms with Crippen molar-refractivity contribution in [2.24, 2.45) is 0 Å². The van der Waals surface area contributed by atoms with E-state index in [9.17, 15) is 13.2 Å². The Balaban J connectivity index is 1.43. The monoisotopic (exact) mass is 405 g/mol. The number of carbonyl (C=O) groups is 1. The molecular weight excluding hydrogens is 386 g/mol. The van der Waals surface area contributed by atoms with Crippen molar-refractivity contribution in [2.45, 2.75) is 23.1 Å². The summed E-state index contributed by atoms with van der Waals surface area (Å²) in [5.41, 5.74) is 1.48. The molecule has 1 N–H and O–H groups in total. The summed E-state index contributed by atoms with van der Waals surface area (Å²) in [5, 5.41) is 2.92. The number of benzene rings is 2. The minimum Gasteiger partial charge on any atom is -0.454 e. The molecule has 0 aliphatic carbocycles. The Bertz CT molecular complexity index is 974. The molecule has 2 aliphatic heterocycles. The molecule has 1 fully saturated rings. The summed E-state index contributed by atoms with van der Waals surface area (Å²) in [6, 6.07) is 12.9. The van der Waals surface area contributed by atoms with E-state index < -0.39 is 9.84 Å². The standard InChI is InChI=1S/C19H19NO5S2/c21-19(20-10-13-5-6-16-17(9-13)25-12-24-16)15-3-1-2-4-18(15)26-14-7-8-27(22,23)11-14/h1-6,9,14H,7-8,10-12H2,(H,20,21)/t14-/m1/s1. The molecule has 6 nitrogen and oxygen atoms in total. The van der Waals surface area contributed by atoms with Crippen LogP contribution in [0.2, 0.25) is 0 Å². The van der Waals surface area contributed by atoms with Crippen molar-refractivity contribution in [2.75, 3.05) is 18.3 Å². The highest BCUT2D eigenvalue weighted by atomic mass is 32.2. The van der Waals surface area contributed by atoms with Gasteiger partial charge < -0.3 is 14.8 Å². The number of carbonyl (C=O) groups excluding carboxylic acids is 1. The van der Waals surface area contributed by atoms with Crippen molar-refractivity contribution in [3.8, 4) is 11.5 Å². The summed E-state index contributed by atoms with van der Waals surface area (Å²) >= 11 is 1.47. The summed E-state index contributed by atoms with van der Waals surface area (Å²) in [4.78, 5) is 13.5. The number of thioether (sulfide) groups is 1. The summed E-state index contributed by atoms with van der Waals surface area (Å²) in [6.45, 7) is 0.582. The quantitative estimate of drug-likeness (QED) is 0.824. The van der Waals surface area contributed by atoms with E-state index in [-0.39, 0.29) is 29.5 Å². The average molecular weight is 405 g/mol. The van der Waals surface area contributed by atoms with E-state index in [1.807, 2.05) is 36.4 Å². The van der Waals surface area contributed by atoms with Gasteiger partial charge in [-0.2, -0.15) is 0 Å². The van der Waals surface area contributed by atoms with Gasteiger partial charge in [0.1, 0.15) is 0 Å². The normalized spacial score (nSPS) is 19.8. The zero-order valence-corrected chi connectivity index (χ0v) is 16.1. The van der Waals surface area contributed by atoms with Crippen molar-refractivity contribution in [3.63, 3.8) is 0 Å². The number of nitrogens with one attached hydrogen (secondary N) is 1. The van der Waals surface area contributed by atoms with E-state index in [2.05, 4.69) is 5.32 Å². The highest BCUT2D eigenvalue weighted by molar-refractivity contribution is 8.02. The predicted molar refractivity (Wildman–Crippen MR) is 103 cm³/mol. The smallest absolute Gasteiger partial charge is 0.252 e. The van der Waals surface area contributed by atoms with Crippen molar-refractivity contribution < 1.29 is 22.7 Å². The molecule has 1 saturated heterocycles. The molecule has 2 aromatic rings. The lowest BCUT2D eigenvalue weighted by atomic mass is 10.1. The molecule has 4 rings (SSSR count). The summed E-state index contributed by atoms with van der Waals surface area (Å²) < 4.78 is 34.0. The van der Waals surface area contributed by atoms with Gasteiger partial charge in [0.25, 0.3) is 5.91 Å². The van der Waals surface area contributed by atoms with E-state index in [1.54, 1.807) is 6.07 Å². The Morgan fingerprint density at radius 3 is 2.78 bits per heavy atom. The second-order valence-electron chi connectivity index (χ2n) is 6.51. The van der Waals surface area contributed by atoms with Crippen LogP contribution in [0.4, 0.5) is 0 Å². The van der Waals surface area contributed by atoms with Gasteiger partial charge >= 0.3 is 0 Å². The summed E-state index contributed by atoms with van der Waals surface area (Å²) in [5.74, 6) is 1.60. The van der Waals surface area contributed by atoms with Gasteiger partial charge in [-0.1, -0.05) is 18.2 Å². The first kappa shape index (κ1) is 18.2. The summed E-state index contributed by atoms with van der Waals surface area (Å²) in [7, 11) is -2.94. The minimum atomic E-state index is -2.94. The van der Waals surface area contributed by atoms with Gasteiger partial charge in [-0.3, -0.25) is 4.79 Å². The fourth-order valence-electron chi connectivity index (χ4n) is 3.12. The van der Waals surface area contributed by atoms with Crippen molar-refractivity contribution in [1.29, 1.82) is 0 Å². The lowest BCUT2D eigenvalue weighted by Gasteiger charge is -2.13. The summed E-state index contributed by atoms with van der Waals surface area (Å²) in [6.07, 6.45) is 0.625. The molecule has 1 amide bonds. The van der Waals surface area contributed by atoms with Crippen LogP contribution < -0.4 is 14.8 Å². The van der Waals surface area contributed by atoms with Crippen LogP contribution in [0.15, 0.2) is 47.4 Å². The van der Waals surface area contributed by atoms with Gasteiger partial charge in [-0.15, -0.1) is 11.8 Å². The average Bonchev–Trinajstić information content (AvgIpc) is 3.25. The van der Waals surface area contributed by atoms with Crippen LogP contribution in [0.5, 0.6) is 11.5 Å². The molecule has 1 atom stereocenters. The number of amides is 1. The van der Waals surface area contributed by atoms with Gasteiger partial charge in [0.15, 0.2) is 21.3 Å². The Labute approximate surface area is 162 Å². The second-order valence-corrected chi connectivity index (χ2v) is 10.1. The van der Waals surface area contributed by atoms with Crippen LogP contribution in [0, 0.1) is 0 Å². The fourth-order valence-corrected chi connectivity index (χ4v) is 6.75. The Hall–Kier alpha value is -2.19. The molecule has 8 heteroatoms. The van der Waals surface area contributed by atoms with Gasteiger partial charge in [0, 0.05) is 16.7 Å². The Kier molecular flexibility index (Phi) is 5.01. The molecular formula is C19H19NO5S2. The molecule has 142 valence electrons. The number of hydrogen-bond donors (Lipinski definition) is 1. The van der Waals surface area contributed by atoms with Crippen LogP contribution in [0.3, 0.4) is 0 Å². The first-order valence-corrected chi connectivity index (χ1v) is 11.3. The molecule has 2 aliphatic rings. The predicted octanol–water partition coefficient (Wildman–Crippen LogP) is 2.62. The Morgan fingerprint density at radius 1 is 1.15 bits per heavy atom. The zero-order chi connectivity index (χ0) is 18.9. The molecule has 27 heavy (non-hydrogen) atoms. The number of fused-ring (bicyclic) bond motifs is 1. The maximum absolute atomic E-state index is 12.7. The van der Waals surface area contributed by atoms with E-state index >= 15 is 0 Å². The third-order valence-electron chi connectivity index (χ3n) is 4.51. The van der Waals surface area contributed by atoms with Gasteiger partial charge in [-0.25, -0.2) is 8.42 Å². The molecule has 2 aromatic carbocycles. The number of hydrogen-bond acceptors (Lipinski definition) is 6. The van der Waals surface area contributed by atoms with Crippen LogP contribution in [-0.4, -0.2) is 37.9 Å². The fraction of sp³-hybridized carbons (Fsp3) is 0.316. The van der Waals surface area contributed by atoms with Crippen LogP contribution in [0.1, 0.15) is 22.3 Å². The highest BCUT2D eigenvalue weighted by Crippen LogP contribution is 2.34. The van der Waals surface area contributed by atoms with Crippen LogP contribution in [-0.2, 0) is 16.4 Å². The first-order chi connectivity index (χ1) is 13.0. The van der Waals surface area contributed by atoms with Crippen LogP contribution >= 0.6 is 11.8 Å². The molecule has 2 heterocycles. The topological polar surface area (TPSA) is 81.7 Å². The van der Waals surface area contributed by atoms with E-state index in [4.69, 9.17) is 9.47 Å². The molecule has 0 aromatic heterocycles. The largest absolute Gasteiger partial charge is 0.454 e. The Morgan fingerprint density at radius 2 is 1.96 bits per heavy atom. The maximum atomic E-state index is 12.7. The first-order valence-electron chi connectivity index (χ1n) is 8.63. The third-order valence-corrected chi connectivity index (χ3v) is 7.83.